The third-order valence-corrected chi connectivity index (χ3v) is 3.14. The molecule has 1 aliphatic rings. The molecule has 0 N–H and O–H groups in total. The first kappa shape index (κ1) is 10.3. The zero-order chi connectivity index (χ0) is 8.81. The molecule has 0 unspecified atom stereocenters. The van der Waals surface area contributed by atoms with Crippen molar-refractivity contribution >= 4 is 34.2 Å². The molecule has 12 heavy (non-hydrogen) atoms. The molecule has 1 saturated carbocycles. The topological polar surface area (TPSA) is 0 Å². The first-order chi connectivity index (χ1) is 5.79. The van der Waals surface area contributed by atoms with Gasteiger partial charge in [-0.25, -0.2) is 0 Å². The Morgan fingerprint density at radius 1 is 0.583 bits per heavy atom. The largest absolute Gasteiger partial charge is 0.0897 e. The Morgan fingerprint density at radius 3 is 1.08 bits per heavy atom. The lowest BCUT2D eigenvalue weighted by molar-refractivity contribution is 0.732. The standard InChI is InChI=1S/C10H16S2/c11-9-5-1-2-6-10(12)8-4-3-7-9/h1-8H2. The Bertz CT molecular complexity index is 137. The highest BCUT2D eigenvalue weighted by Crippen LogP contribution is 2.14. The molecule has 68 valence electrons. The Labute approximate surface area is 85.7 Å². The average molecular weight is 200 g/mol. The van der Waals surface area contributed by atoms with E-state index in [9.17, 15) is 0 Å². The molecular weight excluding hydrogens is 184 g/mol. The third kappa shape index (κ3) is 4.27. The van der Waals surface area contributed by atoms with Gasteiger partial charge in [0.2, 0.25) is 0 Å². The van der Waals surface area contributed by atoms with E-state index in [4.69, 9.17) is 24.4 Å². The molecule has 0 aromatic carbocycles. The second-order valence-corrected chi connectivity index (χ2v) is 4.65. The van der Waals surface area contributed by atoms with E-state index in [-0.39, 0.29) is 0 Å². The van der Waals surface area contributed by atoms with Crippen LogP contribution < -0.4 is 0 Å². The van der Waals surface area contributed by atoms with E-state index < -0.39 is 0 Å². The normalized spacial score (nSPS) is 22.3. The average Bonchev–Trinajstić information content (AvgIpc) is 2.06. The molecule has 1 rings (SSSR count). The molecule has 0 spiro atoms. The van der Waals surface area contributed by atoms with Gasteiger partial charge in [-0.3, -0.25) is 0 Å². The van der Waals surface area contributed by atoms with Gasteiger partial charge in [-0.1, -0.05) is 24.4 Å². The van der Waals surface area contributed by atoms with Crippen LogP contribution in [0.25, 0.3) is 0 Å². The molecule has 0 nitrogen and oxygen atoms in total. The van der Waals surface area contributed by atoms with Gasteiger partial charge in [0, 0.05) is 0 Å². The van der Waals surface area contributed by atoms with E-state index in [0.717, 1.165) is 25.7 Å². The summed E-state index contributed by atoms with van der Waals surface area (Å²) in [5.74, 6) is 0. The molecule has 0 aromatic heterocycles. The van der Waals surface area contributed by atoms with Crippen LogP contribution in [0.5, 0.6) is 0 Å². The van der Waals surface area contributed by atoms with Crippen molar-refractivity contribution in [2.75, 3.05) is 0 Å². The Balaban J connectivity index is 2.29. The van der Waals surface area contributed by atoms with Crippen LogP contribution in [0.1, 0.15) is 51.4 Å². The molecular formula is C10H16S2. The smallest absolute Gasteiger partial charge is 0.00715 e. The maximum atomic E-state index is 5.25. The lowest BCUT2D eigenvalue weighted by atomic mass is 10.0. The highest BCUT2D eigenvalue weighted by molar-refractivity contribution is 7.80. The van der Waals surface area contributed by atoms with Crippen LogP contribution in [-0.2, 0) is 0 Å². The third-order valence-electron chi connectivity index (χ3n) is 2.32. The van der Waals surface area contributed by atoms with Crippen molar-refractivity contribution in [2.45, 2.75) is 51.4 Å². The van der Waals surface area contributed by atoms with Crippen molar-refractivity contribution in [3.05, 3.63) is 0 Å². The summed E-state index contributed by atoms with van der Waals surface area (Å²) < 4.78 is 0. The van der Waals surface area contributed by atoms with E-state index in [2.05, 4.69) is 0 Å². The predicted molar refractivity (Wildman–Crippen MR) is 62.1 cm³/mol. The van der Waals surface area contributed by atoms with Gasteiger partial charge >= 0.3 is 0 Å². The van der Waals surface area contributed by atoms with Crippen molar-refractivity contribution in [1.82, 2.24) is 0 Å². The van der Waals surface area contributed by atoms with Gasteiger partial charge in [0.15, 0.2) is 0 Å². The fourth-order valence-electron chi connectivity index (χ4n) is 1.54. The predicted octanol–water partition coefficient (Wildman–Crippen LogP) is 3.86. The van der Waals surface area contributed by atoms with E-state index in [1.807, 2.05) is 0 Å². The molecule has 0 amide bonds. The minimum Gasteiger partial charge on any atom is -0.0897 e. The van der Waals surface area contributed by atoms with Gasteiger partial charge in [0.05, 0.1) is 0 Å². The van der Waals surface area contributed by atoms with E-state index in [0.29, 0.717) is 0 Å². The first-order valence-electron chi connectivity index (χ1n) is 4.82. The van der Waals surface area contributed by atoms with Gasteiger partial charge in [-0.05, 0) is 61.1 Å². The molecule has 1 fully saturated rings. The highest BCUT2D eigenvalue weighted by atomic mass is 32.1. The molecule has 0 atom stereocenters. The summed E-state index contributed by atoms with van der Waals surface area (Å²) in [6, 6.07) is 0. The first-order valence-corrected chi connectivity index (χ1v) is 5.64. The number of rotatable bonds is 0. The number of hydrogen-bond donors (Lipinski definition) is 0. The Morgan fingerprint density at radius 2 is 0.833 bits per heavy atom. The van der Waals surface area contributed by atoms with Crippen LogP contribution in [-0.4, -0.2) is 9.73 Å². The quantitative estimate of drug-likeness (QED) is 0.545. The van der Waals surface area contributed by atoms with Crippen molar-refractivity contribution < 1.29 is 0 Å². The Hall–Kier alpha value is 0.180. The molecule has 2 heteroatoms. The summed E-state index contributed by atoms with van der Waals surface area (Å²) >= 11 is 10.5. The number of hydrogen-bond acceptors (Lipinski definition) is 2. The summed E-state index contributed by atoms with van der Waals surface area (Å²) in [6.07, 6.45) is 9.60. The van der Waals surface area contributed by atoms with Crippen LogP contribution in [0.2, 0.25) is 0 Å². The van der Waals surface area contributed by atoms with Gasteiger partial charge in [-0.2, -0.15) is 0 Å². The maximum absolute atomic E-state index is 5.25. The summed E-state index contributed by atoms with van der Waals surface area (Å²) in [7, 11) is 0. The SMILES string of the molecule is S=C1CCCCC(=S)CCCC1. The van der Waals surface area contributed by atoms with Crippen LogP contribution in [0.4, 0.5) is 0 Å². The van der Waals surface area contributed by atoms with Crippen LogP contribution in [0, 0.1) is 0 Å². The summed E-state index contributed by atoms with van der Waals surface area (Å²) in [5.41, 5.74) is 0. The van der Waals surface area contributed by atoms with Gasteiger partial charge in [0.25, 0.3) is 0 Å². The van der Waals surface area contributed by atoms with Crippen molar-refractivity contribution in [3.8, 4) is 0 Å². The minimum absolute atomic E-state index is 1.15. The van der Waals surface area contributed by atoms with Gasteiger partial charge < -0.3 is 0 Å². The zero-order valence-corrected chi connectivity index (χ0v) is 9.11. The maximum Gasteiger partial charge on any atom is -0.00715 e. The fraction of sp³-hybridized carbons (Fsp3) is 0.800. The van der Waals surface area contributed by atoms with Gasteiger partial charge in [0.1, 0.15) is 0 Å². The second kappa shape index (κ2) is 5.76. The summed E-state index contributed by atoms with van der Waals surface area (Å²) in [4.78, 5) is 2.56. The monoisotopic (exact) mass is 200 g/mol. The van der Waals surface area contributed by atoms with Crippen molar-refractivity contribution in [2.24, 2.45) is 0 Å². The van der Waals surface area contributed by atoms with E-state index in [1.54, 1.807) is 0 Å². The van der Waals surface area contributed by atoms with E-state index >= 15 is 0 Å². The van der Waals surface area contributed by atoms with Crippen molar-refractivity contribution in [3.63, 3.8) is 0 Å². The zero-order valence-electron chi connectivity index (χ0n) is 7.47. The number of thiocarbonyl (C=S) groups is 2. The molecule has 0 bridgehead atoms. The lowest BCUT2D eigenvalue weighted by Gasteiger charge is -2.08. The minimum atomic E-state index is 1.15. The highest BCUT2D eigenvalue weighted by Gasteiger charge is 2.03. The fourth-order valence-corrected chi connectivity index (χ4v) is 2.12. The summed E-state index contributed by atoms with van der Waals surface area (Å²) in [6.45, 7) is 0. The van der Waals surface area contributed by atoms with Crippen LogP contribution in [0.15, 0.2) is 0 Å². The van der Waals surface area contributed by atoms with E-state index in [1.165, 1.54) is 35.4 Å². The Kier molecular flexibility index (Phi) is 4.93. The molecule has 0 saturated heterocycles. The molecule has 0 aromatic rings. The van der Waals surface area contributed by atoms with Crippen molar-refractivity contribution in [1.29, 1.82) is 0 Å². The van der Waals surface area contributed by atoms with Crippen LogP contribution in [0.3, 0.4) is 0 Å². The molecule has 1 aliphatic carbocycles. The molecule has 0 radical (unpaired) electrons. The van der Waals surface area contributed by atoms with Crippen LogP contribution >= 0.6 is 24.4 Å². The van der Waals surface area contributed by atoms with Gasteiger partial charge in [-0.15, -0.1) is 0 Å². The molecule has 0 aliphatic heterocycles. The lowest BCUT2D eigenvalue weighted by Crippen LogP contribution is -2.01. The molecule has 0 heterocycles. The summed E-state index contributed by atoms with van der Waals surface area (Å²) in [5, 5.41) is 0. The second-order valence-electron chi connectivity index (χ2n) is 3.49.